The smallest absolute Gasteiger partial charge is 0.127 e. The SMILES string of the molecule is COc1ccc(Br)c(CC(N)Cc2c(F)cccc2Cl)c1. The molecule has 0 saturated carbocycles. The first-order chi connectivity index (χ1) is 10.0. The molecule has 0 aromatic heterocycles. The number of rotatable bonds is 5. The molecule has 0 spiro atoms. The standard InChI is InChI=1S/C16H16BrClFNO/c1-21-12-5-6-14(17)10(8-12)7-11(20)9-13-15(18)3-2-4-16(13)19/h2-6,8,11H,7,9,20H2,1H3. The van der Waals surface area contributed by atoms with Gasteiger partial charge in [0.05, 0.1) is 7.11 Å². The first kappa shape index (κ1) is 16.3. The van der Waals surface area contributed by atoms with Crippen LogP contribution in [0.2, 0.25) is 5.02 Å². The molecule has 0 aliphatic rings. The number of ether oxygens (including phenoxy) is 1. The summed E-state index contributed by atoms with van der Waals surface area (Å²) >= 11 is 9.52. The van der Waals surface area contributed by atoms with Crippen LogP contribution in [0.3, 0.4) is 0 Å². The number of benzene rings is 2. The van der Waals surface area contributed by atoms with Crippen LogP contribution in [0.15, 0.2) is 40.9 Å². The summed E-state index contributed by atoms with van der Waals surface area (Å²) in [7, 11) is 1.62. The third-order valence-electron chi connectivity index (χ3n) is 3.26. The van der Waals surface area contributed by atoms with E-state index in [1.54, 1.807) is 19.2 Å². The van der Waals surface area contributed by atoms with Gasteiger partial charge in [0, 0.05) is 21.1 Å². The maximum absolute atomic E-state index is 13.8. The van der Waals surface area contributed by atoms with E-state index in [1.807, 2.05) is 18.2 Å². The van der Waals surface area contributed by atoms with E-state index < -0.39 is 0 Å². The molecule has 0 saturated heterocycles. The predicted molar refractivity (Wildman–Crippen MR) is 87.5 cm³/mol. The van der Waals surface area contributed by atoms with Gasteiger partial charge < -0.3 is 10.5 Å². The van der Waals surface area contributed by atoms with Gasteiger partial charge in [0.2, 0.25) is 0 Å². The zero-order valence-electron chi connectivity index (χ0n) is 11.6. The van der Waals surface area contributed by atoms with Gasteiger partial charge in [-0.3, -0.25) is 0 Å². The van der Waals surface area contributed by atoms with Crippen molar-refractivity contribution in [2.24, 2.45) is 5.73 Å². The molecule has 2 aromatic carbocycles. The summed E-state index contributed by atoms with van der Waals surface area (Å²) in [4.78, 5) is 0. The molecule has 0 amide bonds. The highest BCUT2D eigenvalue weighted by molar-refractivity contribution is 9.10. The van der Waals surface area contributed by atoms with Crippen LogP contribution in [-0.4, -0.2) is 13.2 Å². The molecular formula is C16H16BrClFNO. The minimum Gasteiger partial charge on any atom is -0.497 e. The van der Waals surface area contributed by atoms with Crippen LogP contribution in [0, 0.1) is 5.82 Å². The van der Waals surface area contributed by atoms with Gasteiger partial charge in [-0.25, -0.2) is 4.39 Å². The Labute approximate surface area is 137 Å². The van der Waals surface area contributed by atoms with E-state index in [1.165, 1.54) is 6.07 Å². The lowest BCUT2D eigenvalue weighted by atomic mass is 9.99. The summed E-state index contributed by atoms with van der Waals surface area (Å²) in [6.07, 6.45) is 0.984. The van der Waals surface area contributed by atoms with Crippen LogP contribution < -0.4 is 10.5 Å². The molecule has 0 aliphatic carbocycles. The molecule has 1 unspecified atom stereocenters. The van der Waals surface area contributed by atoms with Gasteiger partial charge in [-0.2, -0.15) is 0 Å². The van der Waals surface area contributed by atoms with E-state index in [-0.39, 0.29) is 11.9 Å². The van der Waals surface area contributed by atoms with Gasteiger partial charge in [-0.05, 0) is 48.7 Å². The lowest BCUT2D eigenvalue weighted by molar-refractivity contribution is 0.414. The largest absolute Gasteiger partial charge is 0.497 e. The summed E-state index contributed by atoms with van der Waals surface area (Å²) < 4.78 is 19.9. The van der Waals surface area contributed by atoms with E-state index in [2.05, 4.69) is 15.9 Å². The van der Waals surface area contributed by atoms with Gasteiger partial charge >= 0.3 is 0 Å². The van der Waals surface area contributed by atoms with Crippen molar-refractivity contribution in [2.45, 2.75) is 18.9 Å². The Balaban J connectivity index is 2.13. The summed E-state index contributed by atoms with van der Waals surface area (Å²) in [6.45, 7) is 0. The molecule has 2 aromatic rings. The van der Waals surface area contributed by atoms with Crippen molar-refractivity contribution in [1.82, 2.24) is 0 Å². The fourth-order valence-corrected chi connectivity index (χ4v) is 2.83. The topological polar surface area (TPSA) is 35.2 Å². The first-order valence-corrected chi connectivity index (χ1v) is 7.69. The Kier molecular flexibility index (Phi) is 5.62. The maximum Gasteiger partial charge on any atom is 0.127 e. The molecule has 2 nitrogen and oxygen atoms in total. The van der Waals surface area contributed by atoms with E-state index in [4.69, 9.17) is 22.1 Å². The van der Waals surface area contributed by atoms with Crippen LogP contribution in [0.25, 0.3) is 0 Å². The minimum absolute atomic E-state index is 0.234. The highest BCUT2D eigenvalue weighted by Crippen LogP contribution is 2.25. The monoisotopic (exact) mass is 371 g/mol. The third-order valence-corrected chi connectivity index (χ3v) is 4.39. The molecule has 21 heavy (non-hydrogen) atoms. The number of halogens is 3. The Morgan fingerprint density at radius 3 is 2.71 bits per heavy atom. The molecule has 0 fully saturated rings. The molecule has 5 heteroatoms. The molecule has 0 bridgehead atoms. The fraction of sp³-hybridized carbons (Fsp3) is 0.250. The second kappa shape index (κ2) is 7.25. The van der Waals surface area contributed by atoms with Crippen LogP contribution in [0.1, 0.15) is 11.1 Å². The number of methoxy groups -OCH3 is 1. The van der Waals surface area contributed by atoms with E-state index >= 15 is 0 Å². The van der Waals surface area contributed by atoms with Crippen molar-refractivity contribution in [2.75, 3.05) is 7.11 Å². The Hall–Kier alpha value is -1.10. The van der Waals surface area contributed by atoms with Gasteiger partial charge in [0.15, 0.2) is 0 Å². The van der Waals surface area contributed by atoms with E-state index in [9.17, 15) is 4.39 Å². The molecule has 0 radical (unpaired) electrons. The first-order valence-electron chi connectivity index (χ1n) is 6.52. The molecular weight excluding hydrogens is 357 g/mol. The summed E-state index contributed by atoms with van der Waals surface area (Å²) in [5.41, 5.74) is 7.64. The number of nitrogens with two attached hydrogens (primary N) is 1. The molecule has 1 atom stereocenters. The van der Waals surface area contributed by atoms with Gasteiger partial charge in [0.1, 0.15) is 11.6 Å². The van der Waals surface area contributed by atoms with Crippen LogP contribution in [-0.2, 0) is 12.8 Å². The van der Waals surface area contributed by atoms with Crippen molar-refractivity contribution < 1.29 is 9.13 Å². The summed E-state index contributed by atoms with van der Waals surface area (Å²) in [5.74, 6) is 0.451. The number of hydrogen-bond acceptors (Lipinski definition) is 2. The predicted octanol–water partition coefficient (Wildman–Crippen LogP) is 4.36. The molecule has 2 rings (SSSR count). The second-order valence-corrected chi connectivity index (χ2v) is 6.09. The second-order valence-electron chi connectivity index (χ2n) is 4.83. The van der Waals surface area contributed by atoms with Crippen molar-refractivity contribution in [3.05, 3.63) is 62.8 Å². The lowest BCUT2D eigenvalue weighted by Crippen LogP contribution is -2.26. The normalized spacial score (nSPS) is 12.2. The van der Waals surface area contributed by atoms with Gasteiger partial charge in [-0.1, -0.05) is 33.6 Å². The molecule has 0 aliphatic heterocycles. The van der Waals surface area contributed by atoms with Gasteiger partial charge in [0.25, 0.3) is 0 Å². The molecule has 2 N–H and O–H groups in total. The van der Waals surface area contributed by atoms with Gasteiger partial charge in [-0.15, -0.1) is 0 Å². The third kappa shape index (κ3) is 4.19. The highest BCUT2D eigenvalue weighted by atomic mass is 79.9. The van der Waals surface area contributed by atoms with Crippen LogP contribution in [0.5, 0.6) is 5.75 Å². The van der Waals surface area contributed by atoms with Crippen LogP contribution >= 0.6 is 27.5 Å². The van der Waals surface area contributed by atoms with Crippen molar-refractivity contribution in [3.63, 3.8) is 0 Å². The molecule has 112 valence electrons. The zero-order valence-corrected chi connectivity index (χ0v) is 13.9. The Morgan fingerprint density at radius 1 is 1.29 bits per heavy atom. The Bertz CT molecular complexity index is 615. The fourth-order valence-electron chi connectivity index (χ4n) is 2.18. The van der Waals surface area contributed by atoms with E-state index in [0.717, 1.165) is 15.8 Å². The maximum atomic E-state index is 13.8. The zero-order chi connectivity index (χ0) is 15.4. The molecule has 0 heterocycles. The number of hydrogen-bond donors (Lipinski definition) is 1. The minimum atomic E-state index is -0.317. The highest BCUT2D eigenvalue weighted by Gasteiger charge is 2.14. The summed E-state index contributed by atoms with van der Waals surface area (Å²) in [6, 6.07) is 10.1. The Morgan fingerprint density at radius 2 is 2.05 bits per heavy atom. The van der Waals surface area contributed by atoms with Crippen molar-refractivity contribution >= 4 is 27.5 Å². The van der Waals surface area contributed by atoms with Crippen LogP contribution in [0.4, 0.5) is 4.39 Å². The van der Waals surface area contributed by atoms with Crippen molar-refractivity contribution in [3.8, 4) is 5.75 Å². The average Bonchev–Trinajstić information content (AvgIpc) is 2.45. The summed E-state index contributed by atoms with van der Waals surface area (Å²) in [5, 5.41) is 0.412. The van der Waals surface area contributed by atoms with E-state index in [0.29, 0.717) is 23.4 Å². The average molecular weight is 373 g/mol. The lowest BCUT2D eigenvalue weighted by Gasteiger charge is -2.15. The quantitative estimate of drug-likeness (QED) is 0.846. The van der Waals surface area contributed by atoms with Crippen molar-refractivity contribution in [1.29, 1.82) is 0 Å².